The van der Waals surface area contributed by atoms with Crippen LogP contribution < -0.4 is 5.32 Å². The van der Waals surface area contributed by atoms with Gasteiger partial charge in [-0.3, -0.25) is 4.79 Å². The predicted molar refractivity (Wildman–Crippen MR) is 80.1 cm³/mol. The van der Waals surface area contributed by atoms with Crippen LogP contribution in [0.5, 0.6) is 0 Å². The van der Waals surface area contributed by atoms with Gasteiger partial charge in [-0.2, -0.15) is 0 Å². The highest BCUT2D eigenvalue weighted by atomic mass is 35.5. The zero-order valence-electron chi connectivity index (χ0n) is 10.8. The minimum absolute atomic E-state index is 0.00882. The molecule has 2 rings (SSSR count). The number of H-pyrrole nitrogens is 1. The van der Waals surface area contributed by atoms with Crippen molar-refractivity contribution in [3.05, 3.63) is 52.0 Å². The van der Waals surface area contributed by atoms with E-state index in [1.807, 2.05) is 12.1 Å². The van der Waals surface area contributed by atoms with Gasteiger partial charge in [-0.1, -0.05) is 23.2 Å². The standard InChI is InChI=1S/C14H15Cl2N3O/c15-11-7-10(8-12(16)9-11)3-4-19-14(20)2-1-13-17-5-6-18-13/h5-9H,1-4H2,(H,17,18)(H,19,20). The van der Waals surface area contributed by atoms with Gasteiger partial charge in [-0.05, 0) is 30.2 Å². The second-order valence-corrected chi connectivity index (χ2v) is 5.29. The average molecular weight is 312 g/mol. The number of aromatic nitrogens is 2. The van der Waals surface area contributed by atoms with Crippen LogP contribution in [0.2, 0.25) is 10.0 Å². The summed E-state index contributed by atoms with van der Waals surface area (Å²) in [5.41, 5.74) is 1.01. The molecule has 0 atom stereocenters. The molecule has 4 nitrogen and oxygen atoms in total. The highest BCUT2D eigenvalue weighted by molar-refractivity contribution is 6.34. The first kappa shape index (κ1) is 14.9. The first-order valence-corrected chi connectivity index (χ1v) is 7.09. The molecule has 0 spiro atoms. The number of carbonyl (C=O) groups is 1. The number of hydrogen-bond acceptors (Lipinski definition) is 2. The van der Waals surface area contributed by atoms with Crippen molar-refractivity contribution in [2.24, 2.45) is 0 Å². The summed E-state index contributed by atoms with van der Waals surface area (Å²) in [4.78, 5) is 18.7. The summed E-state index contributed by atoms with van der Waals surface area (Å²) in [6.07, 6.45) is 5.16. The van der Waals surface area contributed by atoms with Gasteiger partial charge in [0.2, 0.25) is 5.91 Å². The number of benzene rings is 1. The lowest BCUT2D eigenvalue weighted by atomic mass is 10.1. The van der Waals surface area contributed by atoms with Gasteiger partial charge in [-0.25, -0.2) is 4.98 Å². The summed E-state index contributed by atoms with van der Waals surface area (Å²) < 4.78 is 0. The zero-order valence-corrected chi connectivity index (χ0v) is 12.3. The minimum Gasteiger partial charge on any atom is -0.356 e. The lowest BCUT2D eigenvalue weighted by molar-refractivity contribution is -0.121. The van der Waals surface area contributed by atoms with Crippen LogP contribution in [0.25, 0.3) is 0 Å². The van der Waals surface area contributed by atoms with E-state index in [-0.39, 0.29) is 5.91 Å². The molecule has 1 amide bonds. The average Bonchev–Trinajstić information content (AvgIpc) is 2.88. The van der Waals surface area contributed by atoms with Crippen molar-refractivity contribution in [1.82, 2.24) is 15.3 Å². The third-order valence-electron chi connectivity index (χ3n) is 2.80. The molecule has 0 bridgehead atoms. The van der Waals surface area contributed by atoms with Crippen LogP contribution in [-0.2, 0) is 17.6 Å². The van der Waals surface area contributed by atoms with Crippen molar-refractivity contribution in [3.8, 4) is 0 Å². The molecule has 0 radical (unpaired) electrons. The molecule has 0 saturated carbocycles. The summed E-state index contributed by atoms with van der Waals surface area (Å²) in [7, 11) is 0. The monoisotopic (exact) mass is 311 g/mol. The second kappa shape index (κ2) is 7.31. The van der Waals surface area contributed by atoms with Gasteiger partial charge in [0.15, 0.2) is 0 Å². The van der Waals surface area contributed by atoms with E-state index in [2.05, 4.69) is 15.3 Å². The third kappa shape index (κ3) is 4.87. The van der Waals surface area contributed by atoms with Crippen LogP contribution in [-0.4, -0.2) is 22.4 Å². The first-order valence-electron chi connectivity index (χ1n) is 6.33. The predicted octanol–water partition coefficient (Wildman–Crippen LogP) is 3.01. The molecule has 0 aliphatic heterocycles. The Hall–Kier alpha value is -1.52. The Bertz CT molecular complexity index is 550. The van der Waals surface area contributed by atoms with Crippen LogP contribution in [0.3, 0.4) is 0 Å². The van der Waals surface area contributed by atoms with Crippen molar-refractivity contribution in [2.45, 2.75) is 19.3 Å². The summed E-state index contributed by atoms with van der Waals surface area (Å²) in [6.45, 7) is 0.563. The molecule has 1 aromatic heterocycles. The summed E-state index contributed by atoms with van der Waals surface area (Å²) in [6, 6.07) is 5.39. The molecule has 20 heavy (non-hydrogen) atoms. The van der Waals surface area contributed by atoms with Gasteiger partial charge < -0.3 is 10.3 Å². The molecule has 2 aromatic rings. The van der Waals surface area contributed by atoms with Crippen molar-refractivity contribution < 1.29 is 4.79 Å². The molecule has 0 aliphatic rings. The van der Waals surface area contributed by atoms with Crippen molar-refractivity contribution in [3.63, 3.8) is 0 Å². The van der Waals surface area contributed by atoms with E-state index in [9.17, 15) is 4.79 Å². The SMILES string of the molecule is O=C(CCc1ncc[nH]1)NCCc1cc(Cl)cc(Cl)c1. The number of amides is 1. The van der Waals surface area contributed by atoms with E-state index in [4.69, 9.17) is 23.2 Å². The first-order chi connectivity index (χ1) is 9.63. The molecular formula is C14H15Cl2N3O. The Balaban J connectivity index is 1.71. The van der Waals surface area contributed by atoms with Gasteiger partial charge >= 0.3 is 0 Å². The Morgan fingerprint density at radius 1 is 1.20 bits per heavy atom. The van der Waals surface area contributed by atoms with Gasteiger partial charge in [0.1, 0.15) is 5.82 Å². The van der Waals surface area contributed by atoms with Gasteiger partial charge in [0, 0.05) is 41.8 Å². The minimum atomic E-state index is 0.00882. The number of aryl methyl sites for hydroxylation is 1. The van der Waals surface area contributed by atoms with Crippen molar-refractivity contribution >= 4 is 29.1 Å². The van der Waals surface area contributed by atoms with E-state index in [1.54, 1.807) is 18.5 Å². The third-order valence-corrected chi connectivity index (χ3v) is 3.24. The Labute approximate surface area is 127 Å². The van der Waals surface area contributed by atoms with Crippen LogP contribution in [0.1, 0.15) is 17.8 Å². The Morgan fingerprint density at radius 3 is 2.60 bits per heavy atom. The summed E-state index contributed by atoms with van der Waals surface area (Å²) >= 11 is 11.8. The molecular weight excluding hydrogens is 297 g/mol. The number of hydrogen-bond donors (Lipinski definition) is 2. The lowest BCUT2D eigenvalue weighted by Crippen LogP contribution is -2.26. The number of rotatable bonds is 6. The fraction of sp³-hybridized carbons (Fsp3) is 0.286. The maximum absolute atomic E-state index is 11.7. The van der Waals surface area contributed by atoms with E-state index < -0.39 is 0 Å². The summed E-state index contributed by atoms with van der Waals surface area (Å²) in [5, 5.41) is 4.08. The highest BCUT2D eigenvalue weighted by Gasteiger charge is 2.04. The number of nitrogens with one attached hydrogen (secondary N) is 2. The van der Waals surface area contributed by atoms with Gasteiger partial charge in [0.25, 0.3) is 0 Å². The number of nitrogens with zero attached hydrogens (tertiary/aromatic N) is 1. The van der Waals surface area contributed by atoms with E-state index >= 15 is 0 Å². The topological polar surface area (TPSA) is 57.8 Å². The fourth-order valence-electron chi connectivity index (χ4n) is 1.86. The second-order valence-electron chi connectivity index (χ2n) is 4.41. The Kier molecular flexibility index (Phi) is 5.44. The largest absolute Gasteiger partial charge is 0.356 e. The van der Waals surface area contributed by atoms with E-state index in [0.29, 0.717) is 35.9 Å². The van der Waals surface area contributed by atoms with Crippen LogP contribution >= 0.6 is 23.2 Å². The number of carbonyl (C=O) groups excluding carboxylic acids is 1. The number of imidazole rings is 1. The van der Waals surface area contributed by atoms with Crippen molar-refractivity contribution in [2.75, 3.05) is 6.54 Å². The zero-order chi connectivity index (χ0) is 14.4. The van der Waals surface area contributed by atoms with Gasteiger partial charge in [-0.15, -0.1) is 0 Å². The number of halogens is 2. The molecule has 1 heterocycles. The van der Waals surface area contributed by atoms with Gasteiger partial charge in [0.05, 0.1) is 0 Å². The van der Waals surface area contributed by atoms with Crippen LogP contribution in [0, 0.1) is 0 Å². The molecule has 0 aliphatic carbocycles. The maximum atomic E-state index is 11.7. The molecule has 6 heteroatoms. The molecule has 2 N–H and O–H groups in total. The van der Waals surface area contributed by atoms with Crippen LogP contribution in [0.4, 0.5) is 0 Å². The number of aromatic amines is 1. The smallest absolute Gasteiger partial charge is 0.220 e. The lowest BCUT2D eigenvalue weighted by Gasteiger charge is -2.06. The normalized spacial score (nSPS) is 10.5. The fourth-order valence-corrected chi connectivity index (χ4v) is 2.43. The quantitative estimate of drug-likeness (QED) is 0.861. The van der Waals surface area contributed by atoms with Crippen molar-refractivity contribution in [1.29, 1.82) is 0 Å². The molecule has 0 unspecified atom stereocenters. The summed E-state index contributed by atoms with van der Waals surface area (Å²) in [5.74, 6) is 0.830. The molecule has 0 saturated heterocycles. The molecule has 1 aromatic carbocycles. The highest BCUT2D eigenvalue weighted by Crippen LogP contribution is 2.19. The maximum Gasteiger partial charge on any atom is 0.220 e. The molecule has 0 fully saturated rings. The van der Waals surface area contributed by atoms with Crippen LogP contribution in [0.15, 0.2) is 30.6 Å². The molecule has 106 valence electrons. The van der Waals surface area contributed by atoms with E-state index in [0.717, 1.165) is 11.4 Å². The van der Waals surface area contributed by atoms with E-state index in [1.165, 1.54) is 0 Å². The Morgan fingerprint density at radius 2 is 1.95 bits per heavy atom.